The summed E-state index contributed by atoms with van der Waals surface area (Å²) in [5, 5.41) is 6.65. The third-order valence-corrected chi connectivity index (χ3v) is 3.15. The van der Waals surface area contributed by atoms with E-state index in [0.717, 1.165) is 5.56 Å². The van der Waals surface area contributed by atoms with Gasteiger partial charge in [-0.25, -0.2) is 0 Å². The van der Waals surface area contributed by atoms with Gasteiger partial charge in [-0.3, -0.25) is 4.79 Å². The Morgan fingerprint density at radius 2 is 1.95 bits per heavy atom. The number of nitrogens with zero attached hydrogens (tertiary/aromatic N) is 1. The van der Waals surface area contributed by atoms with Gasteiger partial charge < -0.3 is 14.3 Å². The number of amides is 1. The average molecular weight is 282 g/mol. The monoisotopic (exact) mass is 282 g/mol. The van der Waals surface area contributed by atoms with Gasteiger partial charge in [0.2, 0.25) is 5.76 Å². The van der Waals surface area contributed by atoms with Crippen LogP contribution in [0.2, 0.25) is 0 Å². The van der Waals surface area contributed by atoms with E-state index >= 15 is 0 Å². The zero-order chi connectivity index (χ0) is 14.7. The minimum absolute atomic E-state index is 0.109. The second-order valence-corrected chi connectivity index (χ2v) is 4.66. The quantitative estimate of drug-likeness (QED) is 0.796. The number of hydrogen-bond acceptors (Lipinski definition) is 4. The fourth-order valence-corrected chi connectivity index (χ4v) is 2.01. The van der Waals surface area contributed by atoms with Crippen molar-refractivity contribution in [3.8, 4) is 11.5 Å². The summed E-state index contributed by atoms with van der Waals surface area (Å²) in [6.07, 6.45) is 1.54. The first-order chi connectivity index (χ1) is 10.2. The lowest BCUT2D eigenvalue weighted by molar-refractivity contribution is 0.0931. The number of rotatable bonds is 4. The first-order valence-electron chi connectivity index (χ1n) is 6.60. The summed E-state index contributed by atoms with van der Waals surface area (Å²) in [6.45, 7) is 1.92. The molecule has 0 aliphatic carbocycles. The van der Waals surface area contributed by atoms with E-state index in [9.17, 15) is 4.79 Å². The van der Waals surface area contributed by atoms with Gasteiger partial charge in [-0.1, -0.05) is 35.5 Å². The Hall–Kier alpha value is -2.82. The molecule has 0 unspecified atom stereocenters. The van der Waals surface area contributed by atoms with Crippen LogP contribution in [0.4, 0.5) is 0 Å². The van der Waals surface area contributed by atoms with Crippen molar-refractivity contribution in [3.05, 3.63) is 66.1 Å². The summed E-state index contributed by atoms with van der Waals surface area (Å²) in [7, 11) is 0. The van der Waals surface area contributed by atoms with E-state index in [4.69, 9.17) is 8.94 Å². The van der Waals surface area contributed by atoms with Crippen molar-refractivity contribution < 1.29 is 13.7 Å². The summed E-state index contributed by atoms with van der Waals surface area (Å²) in [6, 6.07) is 14.7. The van der Waals surface area contributed by atoms with Crippen LogP contribution in [0, 0.1) is 0 Å². The summed E-state index contributed by atoms with van der Waals surface area (Å²) >= 11 is 0. The molecule has 106 valence electrons. The van der Waals surface area contributed by atoms with Gasteiger partial charge in [0.15, 0.2) is 11.5 Å². The molecule has 0 aliphatic rings. The highest BCUT2D eigenvalue weighted by Crippen LogP contribution is 2.21. The molecule has 2 aromatic heterocycles. The van der Waals surface area contributed by atoms with Crippen molar-refractivity contribution >= 4 is 5.91 Å². The fourth-order valence-electron chi connectivity index (χ4n) is 2.01. The molecule has 0 saturated heterocycles. The van der Waals surface area contributed by atoms with Gasteiger partial charge in [-0.15, -0.1) is 0 Å². The lowest BCUT2D eigenvalue weighted by atomic mass is 10.1. The van der Waals surface area contributed by atoms with E-state index in [-0.39, 0.29) is 17.6 Å². The van der Waals surface area contributed by atoms with Gasteiger partial charge in [0, 0.05) is 6.07 Å². The third-order valence-electron chi connectivity index (χ3n) is 3.15. The Balaban J connectivity index is 1.71. The van der Waals surface area contributed by atoms with E-state index in [1.165, 1.54) is 6.26 Å². The number of aromatic nitrogens is 1. The van der Waals surface area contributed by atoms with Crippen molar-refractivity contribution in [1.82, 2.24) is 10.5 Å². The van der Waals surface area contributed by atoms with Crippen LogP contribution in [-0.4, -0.2) is 11.1 Å². The molecule has 0 aliphatic heterocycles. The van der Waals surface area contributed by atoms with Crippen molar-refractivity contribution in [2.45, 2.75) is 13.0 Å². The molecule has 0 spiro atoms. The SMILES string of the molecule is C[C@H](NC(=O)c1cc(-c2ccco2)on1)c1ccccc1. The molecule has 2 heterocycles. The van der Waals surface area contributed by atoms with Crippen LogP contribution >= 0.6 is 0 Å². The lowest BCUT2D eigenvalue weighted by Gasteiger charge is -2.12. The molecule has 5 nitrogen and oxygen atoms in total. The van der Waals surface area contributed by atoms with Crippen LogP contribution in [-0.2, 0) is 0 Å². The molecule has 5 heteroatoms. The van der Waals surface area contributed by atoms with Gasteiger partial charge >= 0.3 is 0 Å². The average Bonchev–Trinajstić information content (AvgIpc) is 3.19. The van der Waals surface area contributed by atoms with Crippen LogP contribution in [0.15, 0.2) is 63.7 Å². The normalized spacial score (nSPS) is 12.0. The molecule has 3 rings (SSSR count). The molecule has 21 heavy (non-hydrogen) atoms. The molecular formula is C16H14N2O3. The Morgan fingerprint density at radius 1 is 1.14 bits per heavy atom. The number of furan rings is 1. The second-order valence-electron chi connectivity index (χ2n) is 4.66. The van der Waals surface area contributed by atoms with Crippen LogP contribution in [0.25, 0.3) is 11.5 Å². The molecule has 0 bridgehead atoms. The molecule has 3 aromatic rings. The van der Waals surface area contributed by atoms with Crippen LogP contribution < -0.4 is 5.32 Å². The molecule has 0 saturated carbocycles. The number of carbonyl (C=O) groups excluding carboxylic acids is 1. The molecular weight excluding hydrogens is 268 g/mol. The van der Waals surface area contributed by atoms with Crippen molar-refractivity contribution in [3.63, 3.8) is 0 Å². The predicted octanol–water partition coefficient (Wildman–Crippen LogP) is 3.43. The molecule has 1 N–H and O–H groups in total. The van der Waals surface area contributed by atoms with Gasteiger partial charge in [-0.05, 0) is 24.6 Å². The second kappa shape index (κ2) is 5.66. The maximum absolute atomic E-state index is 12.1. The third kappa shape index (κ3) is 2.86. The van der Waals surface area contributed by atoms with E-state index in [0.29, 0.717) is 11.5 Å². The molecule has 1 amide bonds. The number of nitrogens with one attached hydrogen (secondary N) is 1. The maximum atomic E-state index is 12.1. The Morgan fingerprint density at radius 3 is 2.67 bits per heavy atom. The largest absolute Gasteiger partial charge is 0.461 e. The van der Waals surface area contributed by atoms with Crippen molar-refractivity contribution in [2.75, 3.05) is 0 Å². The minimum Gasteiger partial charge on any atom is -0.461 e. The topological polar surface area (TPSA) is 68.3 Å². The van der Waals surface area contributed by atoms with Crippen LogP contribution in [0.5, 0.6) is 0 Å². The fraction of sp³-hybridized carbons (Fsp3) is 0.125. The van der Waals surface area contributed by atoms with E-state index in [1.54, 1.807) is 18.2 Å². The van der Waals surface area contributed by atoms with Crippen LogP contribution in [0.1, 0.15) is 29.0 Å². The van der Waals surface area contributed by atoms with Crippen molar-refractivity contribution in [1.29, 1.82) is 0 Å². The summed E-state index contributed by atoms with van der Waals surface area (Å²) < 4.78 is 10.3. The van der Waals surface area contributed by atoms with Gasteiger partial charge in [0.25, 0.3) is 5.91 Å². The molecule has 0 radical (unpaired) electrons. The van der Waals surface area contributed by atoms with Crippen molar-refractivity contribution in [2.24, 2.45) is 0 Å². The first kappa shape index (κ1) is 13.2. The highest BCUT2D eigenvalue weighted by Gasteiger charge is 2.17. The number of benzene rings is 1. The van der Waals surface area contributed by atoms with Gasteiger partial charge in [-0.2, -0.15) is 0 Å². The van der Waals surface area contributed by atoms with Gasteiger partial charge in [0.05, 0.1) is 12.3 Å². The molecule has 1 aromatic carbocycles. The molecule has 0 fully saturated rings. The maximum Gasteiger partial charge on any atom is 0.273 e. The Labute approximate surface area is 121 Å². The summed E-state index contributed by atoms with van der Waals surface area (Å²) in [4.78, 5) is 12.1. The van der Waals surface area contributed by atoms with E-state index in [2.05, 4.69) is 10.5 Å². The van der Waals surface area contributed by atoms with E-state index < -0.39 is 0 Å². The number of carbonyl (C=O) groups is 1. The predicted molar refractivity (Wildman–Crippen MR) is 76.5 cm³/mol. The lowest BCUT2D eigenvalue weighted by Crippen LogP contribution is -2.26. The standard InChI is InChI=1S/C16H14N2O3/c1-11(12-6-3-2-4-7-12)17-16(19)13-10-15(21-18-13)14-8-5-9-20-14/h2-11H,1H3,(H,17,19)/t11-/m0/s1. The highest BCUT2D eigenvalue weighted by molar-refractivity contribution is 5.93. The molecule has 1 atom stereocenters. The zero-order valence-corrected chi connectivity index (χ0v) is 11.4. The summed E-state index contributed by atoms with van der Waals surface area (Å²) in [5.41, 5.74) is 1.25. The van der Waals surface area contributed by atoms with E-state index in [1.807, 2.05) is 37.3 Å². The minimum atomic E-state index is -0.284. The highest BCUT2D eigenvalue weighted by atomic mass is 16.5. The zero-order valence-electron chi connectivity index (χ0n) is 11.4. The summed E-state index contributed by atoms with van der Waals surface area (Å²) in [5.74, 6) is 0.683. The Kier molecular flexibility index (Phi) is 3.55. The number of hydrogen-bond donors (Lipinski definition) is 1. The van der Waals surface area contributed by atoms with Gasteiger partial charge in [0.1, 0.15) is 0 Å². The van der Waals surface area contributed by atoms with Crippen LogP contribution in [0.3, 0.4) is 0 Å². The smallest absolute Gasteiger partial charge is 0.273 e. The Bertz CT molecular complexity index is 717. The first-order valence-corrected chi connectivity index (χ1v) is 6.60.